The van der Waals surface area contributed by atoms with Crippen LogP contribution in [0.5, 0.6) is 5.75 Å². The van der Waals surface area contributed by atoms with Crippen molar-refractivity contribution in [2.24, 2.45) is 5.73 Å². The first-order chi connectivity index (χ1) is 13.6. The summed E-state index contributed by atoms with van der Waals surface area (Å²) in [6.07, 6.45) is 7.31. The summed E-state index contributed by atoms with van der Waals surface area (Å²) in [6.45, 7) is 8.30. The molecular weight excluding hydrogens is 348 g/mol. The van der Waals surface area contributed by atoms with Gasteiger partial charge >= 0.3 is 0 Å². The van der Waals surface area contributed by atoms with Crippen LogP contribution in [-0.4, -0.2) is 48.7 Å². The van der Waals surface area contributed by atoms with Gasteiger partial charge in [0.05, 0.1) is 7.11 Å². The third kappa shape index (κ3) is 5.24. The molecule has 1 unspecified atom stereocenters. The minimum absolute atomic E-state index is 0.523. The van der Waals surface area contributed by atoms with E-state index in [-0.39, 0.29) is 0 Å². The number of rotatable bonds is 8. The molecule has 1 fully saturated rings. The third-order valence-electron chi connectivity index (χ3n) is 5.84. The monoisotopic (exact) mass is 382 g/mol. The number of nitrogens with two attached hydrogens (primary N) is 1. The quantitative estimate of drug-likeness (QED) is 0.756. The van der Waals surface area contributed by atoms with Crippen molar-refractivity contribution in [2.45, 2.75) is 51.7 Å². The molecule has 1 aliphatic heterocycles. The van der Waals surface area contributed by atoms with E-state index in [4.69, 9.17) is 10.5 Å². The van der Waals surface area contributed by atoms with Crippen LogP contribution >= 0.6 is 0 Å². The first-order valence-electron chi connectivity index (χ1n) is 10.4. The number of aromatic nitrogens is 1. The van der Waals surface area contributed by atoms with Gasteiger partial charge in [0.1, 0.15) is 5.75 Å². The molecule has 2 N–H and O–H groups in total. The first kappa shape index (κ1) is 20.6. The van der Waals surface area contributed by atoms with Gasteiger partial charge in [0.15, 0.2) is 0 Å². The summed E-state index contributed by atoms with van der Waals surface area (Å²) in [5.41, 5.74) is 9.47. The van der Waals surface area contributed by atoms with E-state index in [0.717, 1.165) is 38.3 Å². The van der Waals surface area contributed by atoms with Gasteiger partial charge in [0.25, 0.3) is 0 Å². The van der Waals surface area contributed by atoms with E-state index < -0.39 is 0 Å². The number of pyridine rings is 1. The SMILES string of the molecule is COc1ccc(N(Cc2cncc(C)c2)C2CCN(C(C)CCN)CC2)cc1. The van der Waals surface area contributed by atoms with Crippen LogP contribution in [0.25, 0.3) is 0 Å². The molecule has 0 bridgehead atoms. The molecule has 0 amide bonds. The number of likely N-dealkylation sites (tertiary alicyclic amines) is 1. The summed E-state index contributed by atoms with van der Waals surface area (Å²) in [7, 11) is 1.71. The van der Waals surface area contributed by atoms with E-state index in [0.29, 0.717) is 12.1 Å². The Balaban J connectivity index is 1.76. The smallest absolute Gasteiger partial charge is 0.119 e. The van der Waals surface area contributed by atoms with E-state index in [1.54, 1.807) is 7.11 Å². The fraction of sp³-hybridized carbons (Fsp3) is 0.522. The molecule has 1 aliphatic rings. The summed E-state index contributed by atoms with van der Waals surface area (Å²) in [5.74, 6) is 0.895. The zero-order valence-electron chi connectivity index (χ0n) is 17.5. The van der Waals surface area contributed by atoms with Crippen molar-refractivity contribution in [3.8, 4) is 5.75 Å². The van der Waals surface area contributed by atoms with Crippen molar-refractivity contribution in [2.75, 3.05) is 31.6 Å². The van der Waals surface area contributed by atoms with Gasteiger partial charge in [-0.25, -0.2) is 0 Å². The molecule has 28 heavy (non-hydrogen) atoms. The lowest BCUT2D eigenvalue weighted by Crippen LogP contribution is -2.47. The van der Waals surface area contributed by atoms with Gasteiger partial charge in [-0.3, -0.25) is 4.98 Å². The van der Waals surface area contributed by atoms with Crippen molar-refractivity contribution in [1.82, 2.24) is 9.88 Å². The van der Waals surface area contributed by atoms with E-state index in [1.807, 2.05) is 12.4 Å². The van der Waals surface area contributed by atoms with Gasteiger partial charge < -0.3 is 20.3 Å². The van der Waals surface area contributed by atoms with Gasteiger partial charge in [-0.2, -0.15) is 0 Å². The molecular formula is C23H34N4O. The topological polar surface area (TPSA) is 54.6 Å². The normalized spacial score (nSPS) is 16.7. The summed E-state index contributed by atoms with van der Waals surface area (Å²) in [4.78, 5) is 9.52. The Labute approximate surface area is 169 Å². The van der Waals surface area contributed by atoms with Crippen molar-refractivity contribution in [1.29, 1.82) is 0 Å². The molecule has 0 spiro atoms. The van der Waals surface area contributed by atoms with Gasteiger partial charge in [-0.1, -0.05) is 6.07 Å². The third-order valence-corrected chi connectivity index (χ3v) is 5.84. The van der Waals surface area contributed by atoms with Crippen LogP contribution in [0.2, 0.25) is 0 Å². The molecule has 0 saturated carbocycles. The molecule has 2 aromatic rings. The maximum absolute atomic E-state index is 5.76. The van der Waals surface area contributed by atoms with Crippen LogP contribution < -0.4 is 15.4 Å². The number of aryl methyl sites for hydroxylation is 1. The Bertz CT molecular complexity index is 726. The lowest BCUT2D eigenvalue weighted by molar-refractivity contribution is 0.154. The number of hydrogen-bond acceptors (Lipinski definition) is 5. The maximum atomic E-state index is 5.76. The summed E-state index contributed by atoms with van der Waals surface area (Å²) >= 11 is 0. The number of benzene rings is 1. The molecule has 152 valence electrons. The lowest BCUT2D eigenvalue weighted by atomic mass is 9.99. The second-order valence-electron chi connectivity index (χ2n) is 7.89. The molecule has 1 aromatic heterocycles. The van der Waals surface area contributed by atoms with Crippen molar-refractivity contribution in [3.05, 3.63) is 53.9 Å². The Hall–Kier alpha value is -2.11. The van der Waals surface area contributed by atoms with Crippen molar-refractivity contribution < 1.29 is 4.74 Å². The highest BCUT2D eigenvalue weighted by Crippen LogP contribution is 2.28. The average Bonchev–Trinajstić information content (AvgIpc) is 2.72. The Morgan fingerprint density at radius 3 is 2.54 bits per heavy atom. The first-order valence-corrected chi connectivity index (χ1v) is 10.4. The number of methoxy groups -OCH3 is 1. The van der Waals surface area contributed by atoms with Crippen LogP contribution in [0.4, 0.5) is 5.69 Å². The number of nitrogens with zero attached hydrogens (tertiary/aromatic N) is 3. The highest BCUT2D eigenvalue weighted by molar-refractivity contribution is 5.50. The molecule has 3 rings (SSSR count). The predicted octanol–water partition coefficient (Wildman–Crippen LogP) is 3.61. The van der Waals surface area contributed by atoms with Gasteiger partial charge in [-0.15, -0.1) is 0 Å². The number of ether oxygens (including phenoxy) is 1. The van der Waals surface area contributed by atoms with Gasteiger partial charge in [-0.05, 0) is 75.0 Å². The average molecular weight is 383 g/mol. The van der Waals surface area contributed by atoms with Crippen LogP contribution in [0.15, 0.2) is 42.7 Å². The molecule has 1 atom stereocenters. The van der Waals surface area contributed by atoms with Crippen LogP contribution in [0, 0.1) is 6.92 Å². The number of piperidine rings is 1. The fourth-order valence-corrected chi connectivity index (χ4v) is 4.17. The molecule has 0 radical (unpaired) electrons. The summed E-state index contributed by atoms with van der Waals surface area (Å²) in [6, 6.07) is 11.8. The molecule has 2 heterocycles. The molecule has 5 heteroatoms. The maximum Gasteiger partial charge on any atom is 0.119 e. The van der Waals surface area contributed by atoms with E-state index in [2.05, 4.69) is 59.0 Å². The predicted molar refractivity (Wildman–Crippen MR) is 116 cm³/mol. The highest BCUT2D eigenvalue weighted by atomic mass is 16.5. The summed E-state index contributed by atoms with van der Waals surface area (Å²) in [5, 5.41) is 0. The van der Waals surface area contributed by atoms with E-state index in [9.17, 15) is 0 Å². The fourth-order valence-electron chi connectivity index (χ4n) is 4.17. The Kier molecular flexibility index (Phi) is 7.29. The second kappa shape index (κ2) is 9.89. The zero-order valence-corrected chi connectivity index (χ0v) is 17.5. The zero-order chi connectivity index (χ0) is 19.9. The largest absolute Gasteiger partial charge is 0.497 e. The Morgan fingerprint density at radius 2 is 1.93 bits per heavy atom. The summed E-state index contributed by atoms with van der Waals surface area (Å²) < 4.78 is 5.35. The molecule has 5 nitrogen and oxygen atoms in total. The van der Waals surface area contributed by atoms with Crippen LogP contribution in [0.3, 0.4) is 0 Å². The minimum Gasteiger partial charge on any atom is -0.497 e. The number of anilines is 1. The molecule has 1 aromatic carbocycles. The number of hydrogen-bond donors (Lipinski definition) is 1. The van der Waals surface area contributed by atoms with Crippen LogP contribution in [-0.2, 0) is 6.54 Å². The molecule has 1 saturated heterocycles. The van der Waals surface area contributed by atoms with E-state index >= 15 is 0 Å². The van der Waals surface area contributed by atoms with E-state index in [1.165, 1.54) is 29.7 Å². The minimum atomic E-state index is 0.523. The standard InChI is InChI=1S/C23H34N4O/c1-18-14-20(16-25-15-18)17-27(21-4-6-23(28-3)7-5-21)22-9-12-26(13-10-22)19(2)8-11-24/h4-7,14-16,19,22H,8-13,17,24H2,1-3H3. The lowest BCUT2D eigenvalue weighted by Gasteiger charge is -2.42. The van der Waals surface area contributed by atoms with Gasteiger partial charge in [0, 0.05) is 49.8 Å². The highest BCUT2D eigenvalue weighted by Gasteiger charge is 2.27. The second-order valence-corrected chi connectivity index (χ2v) is 7.89. The van der Waals surface area contributed by atoms with Crippen LogP contribution in [0.1, 0.15) is 37.3 Å². The Morgan fingerprint density at radius 1 is 1.21 bits per heavy atom. The van der Waals surface area contributed by atoms with Gasteiger partial charge in [0.2, 0.25) is 0 Å². The molecule has 0 aliphatic carbocycles. The van der Waals surface area contributed by atoms with Crippen molar-refractivity contribution >= 4 is 5.69 Å². The van der Waals surface area contributed by atoms with Crippen molar-refractivity contribution in [3.63, 3.8) is 0 Å².